The Morgan fingerprint density at radius 1 is 1.27 bits per heavy atom. The molecule has 160 valence electrons. The summed E-state index contributed by atoms with van der Waals surface area (Å²) in [6.45, 7) is 0.726. The van der Waals surface area contributed by atoms with Crippen molar-refractivity contribution in [3.05, 3.63) is 30.2 Å². The maximum Gasteiger partial charge on any atom is 0.277 e. The fourth-order valence-electron chi connectivity index (χ4n) is 3.63. The number of benzene rings is 1. The number of amides is 2. The van der Waals surface area contributed by atoms with Gasteiger partial charge in [0.25, 0.3) is 5.22 Å². The Kier molecular flexibility index (Phi) is 6.09. The summed E-state index contributed by atoms with van der Waals surface area (Å²) < 4.78 is 28.6. The molecule has 0 aliphatic carbocycles. The van der Waals surface area contributed by atoms with E-state index in [4.69, 9.17) is 4.42 Å². The molecule has 1 aromatic carbocycles. The molecule has 4 rings (SSSR count). The average Bonchev–Trinajstić information content (AvgIpc) is 3.42. The second-order valence-electron chi connectivity index (χ2n) is 7.47. The summed E-state index contributed by atoms with van der Waals surface area (Å²) in [6, 6.07) is 7.17. The Labute approximate surface area is 178 Å². The number of carbonyl (C=O) groups is 2. The van der Waals surface area contributed by atoms with Gasteiger partial charge in [0, 0.05) is 30.8 Å². The third-order valence-corrected chi connectivity index (χ3v) is 7.76. The highest BCUT2D eigenvalue weighted by Gasteiger charge is 2.29. The Morgan fingerprint density at radius 3 is 2.73 bits per heavy atom. The van der Waals surface area contributed by atoms with Gasteiger partial charge in [-0.15, -0.1) is 10.2 Å². The van der Waals surface area contributed by atoms with Crippen LogP contribution in [0.3, 0.4) is 0 Å². The number of hydrogen-bond acceptors (Lipinski definition) is 8. The van der Waals surface area contributed by atoms with Crippen molar-refractivity contribution < 1.29 is 22.4 Å². The first kappa shape index (κ1) is 20.9. The van der Waals surface area contributed by atoms with Gasteiger partial charge in [0.15, 0.2) is 9.84 Å². The molecule has 30 heavy (non-hydrogen) atoms. The third kappa shape index (κ3) is 5.20. The molecule has 0 spiro atoms. The predicted octanol–water partition coefficient (Wildman–Crippen LogP) is 1.90. The smallest absolute Gasteiger partial charge is 0.277 e. The molecular weight excluding hydrogens is 428 g/mol. The summed E-state index contributed by atoms with van der Waals surface area (Å²) >= 11 is 1.13. The molecule has 0 bridgehead atoms. The first-order chi connectivity index (χ1) is 14.4. The van der Waals surface area contributed by atoms with Crippen LogP contribution in [0.25, 0.3) is 0 Å². The first-order valence-corrected chi connectivity index (χ1v) is 12.5. The van der Waals surface area contributed by atoms with E-state index in [1.807, 2.05) is 12.1 Å². The summed E-state index contributed by atoms with van der Waals surface area (Å²) in [7, 11) is -2.94. The first-order valence-electron chi connectivity index (χ1n) is 9.74. The number of hydrogen-bond donors (Lipinski definition) is 1. The lowest BCUT2D eigenvalue weighted by Crippen LogP contribution is -2.23. The van der Waals surface area contributed by atoms with Gasteiger partial charge in [0.1, 0.15) is 0 Å². The van der Waals surface area contributed by atoms with Crippen LogP contribution in [0.15, 0.2) is 33.9 Å². The van der Waals surface area contributed by atoms with Crippen LogP contribution in [0.4, 0.5) is 11.4 Å². The lowest BCUT2D eigenvalue weighted by molar-refractivity contribution is -0.117. The van der Waals surface area contributed by atoms with Crippen LogP contribution in [0.2, 0.25) is 0 Å². The molecule has 9 nitrogen and oxygen atoms in total. The molecule has 2 amide bonds. The summed E-state index contributed by atoms with van der Waals surface area (Å²) in [6.07, 6.45) is 2.49. The normalized spacial score (nSPS) is 20.6. The van der Waals surface area contributed by atoms with E-state index in [1.165, 1.54) is 0 Å². The highest BCUT2D eigenvalue weighted by Crippen LogP contribution is 2.25. The van der Waals surface area contributed by atoms with Crippen LogP contribution < -0.4 is 10.2 Å². The van der Waals surface area contributed by atoms with Gasteiger partial charge < -0.3 is 14.6 Å². The number of rotatable bonds is 7. The minimum absolute atomic E-state index is 0.00965. The molecule has 2 aliphatic heterocycles. The zero-order valence-corrected chi connectivity index (χ0v) is 17.9. The zero-order chi connectivity index (χ0) is 21.1. The van der Waals surface area contributed by atoms with Crippen molar-refractivity contribution >= 4 is 44.8 Å². The monoisotopic (exact) mass is 450 g/mol. The summed E-state index contributed by atoms with van der Waals surface area (Å²) in [5.41, 5.74) is 1.47. The zero-order valence-electron chi connectivity index (χ0n) is 16.2. The molecule has 2 fully saturated rings. The highest BCUT2D eigenvalue weighted by atomic mass is 32.2. The van der Waals surface area contributed by atoms with Crippen molar-refractivity contribution in [2.75, 3.05) is 34.0 Å². The van der Waals surface area contributed by atoms with Gasteiger partial charge in [0.2, 0.25) is 17.7 Å². The topological polar surface area (TPSA) is 122 Å². The highest BCUT2D eigenvalue weighted by molar-refractivity contribution is 7.99. The number of carbonyl (C=O) groups excluding carboxylic acids is 2. The quantitative estimate of drug-likeness (QED) is 0.635. The van der Waals surface area contributed by atoms with Gasteiger partial charge in [-0.1, -0.05) is 11.8 Å². The fraction of sp³-hybridized carbons (Fsp3) is 0.474. The molecule has 3 heterocycles. The molecule has 11 heteroatoms. The Bertz CT molecular complexity index is 1040. The van der Waals surface area contributed by atoms with Gasteiger partial charge in [-0.05, 0) is 43.0 Å². The van der Waals surface area contributed by atoms with Crippen molar-refractivity contribution in [2.24, 2.45) is 5.92 Å². The number of thioether (sulfide) groups is 1. The maximum atomic E-state index is 12.2. The number of anilines is 2. The second kappa shape index (κ2) is 8.76. The van der Waals surface area contributed by atoms with E-state index in [9.17, 15) is 18.0 Å². The molecular formula is C19H22N4O5S2. The van der Waals surface area contributed by atoms with Crippen molar-refractivity contribution in [1.82, 2.24) is 10.2 Å². The maximum absolute atomic E-state index is 12.2. The van der Waals surface area contributed by atoms with Crippen molar-refractivity contribution in [2.45, 2.75) is 30.9 Å². The Hall–Kier alpha value is -2.40. The molecule has 0 unspecified atom stereocenters. The Morgan fingerprint density at radius 2 is 2.07 bits per heavy atom. The minimum Gasteiger partial charge on any atom is -0.416 e. The summed E-state index contributed by atoms with van der Waals surface area (Å²) in [5, 5.41) is 10.9. The molecule has 2 saturated heterocycles. The average molecular weight is 451 g/mol. The third-order valence-electron chi connectivity index (χ3n) is 5.10. The summed E-state index contributed by atoms with van der Waals surface area (Å²) in [4.78, 5) is 25.7. The number of nitrogens with zero attached hydrogens (tertiary/aromatic N) is 3. The summed E-state index contributed by atoms with van der Waals surface area (Å²) in [5.74, 6) is 0.783. The molecule has 2 aromatic rings. The van der Waals surface area contributed by atoms with Crippen LogP contribution in [-0.2, 0) is 25.8 Å². The molecule has 0 radical (unpaired) electrons. The number of sulfone groups is 1. The standard InChI is InChI=1S/C19H22N4O5S2/c24-16(20-14-3-5-15(6-4-14)23-8-1-2-18(23)25)11-29-19-22-21-17(28-19)10-13-7-9-30(26,27)12-13/h3-6,13H,1-2,7-12H2,(H,20,24)/t13-/m1/s1. The van der Waals surface area contributed by atoms with Gasteiger partial charge in [0.05, 0.1) is 17.3 Å². The molecule has 1 N–H and O–H groups in total. The predicted molar refractivity (Wildman–Crippen MR) is 112 cm³/mol. The van der Waals surface area contributed by atoms with Crippen molar-refractivity contribution in [1.29, 1.82) is 0 Å². The van der Waals surface area contributed by atoms with Gasteiger partial charge in [-0.2, -0.15) is 0 Å². The molecule has 0 saturated carbocycles. The molecule has 2 aliphatic rings. The van der Waals surface area contributed by atoms with Gasteiger partial charge >= 0.3 is 0 Å². The van der Waals surface area contributed by atoms with Gasteiger partial charge in [-0.3, -0.25) is 9.59 Å². The van der Waals surface area contributed by atoms with Crippen LogP contribution >= 0.6 is 11.8 Å². The molecule has 1 aromatic heterocycles. The number of aromatic nitrogens is 2. The SMILES string of the molecule is O=C(CSc1nnc(C[C@H]2CCS(=O)(=O)C2)o1)Nc1ccc(N2CCCC2=O)cc1. The largest absolute Gasteiger partial charge is 0.416 e. The van der Waals surface area contributed by atoms with E-state index in [0.29, 0.717) is 30.8 Å². The molecule has 1 atom stereocenters. The van der Waals surface area contributed by atoms with Crippen LogP contribution in [0, 0.1) is 5.92 Å². The van der Waals surface area contributed by atoms with E-state index in [1.54, 1.807) is 17.0 Å². The van der Waals surface area contributed by atoms with E-state index < -0.39 is 9.84 Å². The minimum atomic E-state index is -2.94. The second-order valence-corrected chi connectivity index (χ2v) is 10.6. The van der Waals surface area contributed by atoms with Crippen LogP contribution in [0.5, 0.6) is 0 Å². The van der Waals surface area contributed by atoms with Crippen LogP contribution in [0.1, 0.15) is 25.2 Å². The van der Waals surface area contributed by atoms with Crippen molar-refractivity contribution in [3.8, 4) is 0 Å². The van der Waals surface area contributed by atoms with Gasteiger partial charge in [-0.25, -0.2) is 8.42 Å². The van der Waals surface area contributed by atoms with E-state index in [2.05, 4.69) is 15.5 Å². The Balaban J connectivity index is 1.24. The van der Waals surface area contributed by atoms with E-state index >= 15 is 0 Å². The van der Waals surface area contributed by atoms with E-state index in [-0.39, 0.29) is 40.2 Å². The lowest BCUT2D eigenvalue weighted by Gasteiger charge is -2.16. The lowest BCUT2D eigenvalue weighted by atomic mass is 10.1. The van der Waals surface area contributed by atoms with Crippen LogP contribution in [-0.4, -0.2) is 54.2 Å². The fourth-order valence-corrected chi connectivity index (χ4v) is 6.07. The van der Waals surface area contributed by atoms with Crippen molar-refractivity contribution in [3.63, 3.8) is 0 Å². The van der Waals surface area contributed by atoms with E-state index in [0.717, 1.165) is 30.4 Å². The number of nitrogens with one attached hydrogen (secondary N) is 1.